The molecule has 0 spiro atoms. The van der Waals surface area contributed by atoms with Crippen molar-refractivity contribution >= 4 is 68.0 Å². The van der Waals surface area contributed by atoms with Crippen LogP contribution in [0.15, 0.2) is 72.8 Å². The molecule has 0 bridgehead atoms. The molecule has 6 rings (SSSR count). The van der Waals surface area contributed by atoms with E-state index in [1.54, 1.807) is 21.8 Å². The van der Waals surface area contributed by atoms with Crippen LogP contribution in [0, 0.1) is 51.5 Å². The van der Waals surface area contributed by atoms with Crippen LogP contribution in [-0.4, -0.2) is 188 Å². The Morgan fingerprint density at radius 2 is 1.13 bits per heavy atom. The number of nitro groups is 1. The normalized spacial score (nSPS) is 15.5. The maximum atomic E-state index is 13.4. The molecule has 2 aliphatic carbocycles. The molecule has 3 aromatic carbocycles. The predicted octanol–water partition coefficient (Wildman–Crippen LogP) is 3.04. The van der Waals surface area contributed by atoms with E-state index in [9.17, 15) is 55.7 Å². The number of hydrogen-bond donors (Lipinski definition) is 5. The van der Waals surface area contributed by atoms with Gasteiger partial charge in [0.15, 0.2) is 0 Å². The maximum absolute atomic E-state index is 13.4. The second kappa shape index (κ2) is 37.6. The van der Waals surface area contributed by atoms with E-state index < -0.39 is 55.7 Å². The third kappa shape index (κ3) is 26.6. The largest absolute Gasteiger partial charge is 0.513 e. The summed E-state index contributed by atoms with van der Waals surface area (Å²) in [6, 6.07) is 19.5. The Kier molecular flexibility index (Phi) is 29.5. The molecule has 5 amide bonds. The number of nitro benzene ring substituents is 1. The number of nitrogens with one attached hydrogen (secondary N) is 5. The fraction of sp³-hybridized carbons (Fsp3) is 0.509. The Morgan fingerprint density at radius 3 is 1.76 bits per heavy atom. The van der Waals surface area contributed by atoms with Crippen molar-refractivity contribution in [2.75, 3.05) is 130 Å². The van der Waals surface area contributed by atoms with Crippen LogP contribution in [0.5, 0.6) is 5.75 Å². The summed E-state index contributed by atoms with van der Waals surface area (Å²) in [6.45, 7) is -1.03. The van der Waals surface area contributed by atoms with Crippen molar-refractivity contribution in [3.8, 4) is 29.4 Å². The van der Waals surface area contributed by atoms with Gasteiger partial charge in [-0.25, -0.2) is 28.6 Å². The first kappa shape index (κ1) is 69.9. The number of anilines is 1. The first-order valence-corrected chi connectivity index (χ1v) is 31.4. The summed E-state index contributed by atoms with van der Waals surface area (Å²) in [7, 11) is -8.57. The van der Waals surface area contributed by atoms with E-state index in [2.05, 4.69) is 38.4 Å². The molecule has 32 heteroatoms. The lowest BCUT2D eigenvalue weighted by molar-refractivity contribution is -0.384. The third-order valence-electron chi connectivity index (χ3n) is 13.3. The molecule has 1 saturated carbocycles. The molecule has 1 aliphatic heterocycles. The van der Waals surface area contributed by atoms with Gasteiger partial charge < -0.3 is 62.5 Å². The quantitative estimate of drug-likeness (QED) is 0.0105. The lowest BCUT2D eigenvalue weighted by Gasteiger charge is -2.26. The molecule has 1 heterocycles. The number of fused-ring (bicyclic) bond motifs is 3. The zero-order chi connectivity index (χ0) is 63.7. The van der Waals surface area contributed by atoms with E-state index in [0.29, 0.717) is 23.1 Å². The van der Waals surface area contributed by atoms with Crippen LogP contribution in [0.25, 0.3) is 0 Å². The number of carbonyl (C=O) groups excluding carboxylic acids is 6. The molecule has 0 aromatic heterocycles. The smallest absolute Gasteiger partial charge is 0.449 e. The highest BCUT2D eigenvalue weighted by molar-refractivity contribution is 7.88. The van der Waals surface area contributed by atoms with Gasteiger partial charge in [0, 0.05) is 75.1 Å². The summed E-state index contributed by atoms with van der Waals surface area (Å²) >= 11 is 0. The van der Waals surface area contributed by atoms with Crippen LogP contribution >= 0.6 is 0 Å². The SMILES string of the molecule is O=C(CCC(=O)N1Cc2ccccc2C#Cc2ccccc21)NCCOC(=O)NS(=O)(=O)NCCOCCOCCN(CCOCCOCCNS(=O)(=O)NC(=O)OC[C@@H]1[C@@H]2CCC#CCC[C@@H]21)C(=O)OCCOCCOC(=O)Oc1ccc([N+](=O)[O-])cc1. The molecular weight excluding hydrogens is 1210 g/mol. The number of ether oxygens (including phenoxy) is 10. The van der Waals surface area contributed by atoms with Crippen LogP contribution in [0.2, 0.25) is 0 Å². The fourth-order valence-electron chi connectivity index (χ4n) is 8.90. The monoisotopic (exact) mass is 1280 g/mol. The Balaban J connectivity index is 0.800. The molecule has 3 aromatic rings. The van der Waals surface area contributed by atoms with Crippen molar-refractivity contribution in [1.82, 2.24) is 29.1 Å². The summed E-state index contributed by atoms with van der Waals surface area (Å²) in [5.41, 5.74) is 2.78. The second-order valence-corrected chi connectivity index (χ2v) is 22.5. The lowest BCUT2D eigenvalue weighted by atomic mass is 10.0. The molecule has 3 atom stereocenters. The minimum absolute atomic E-state index is 0.00747. The molecule has 3 aliphatic rings. The van der Waals surface area contributed by atoms with Crippen LogP contribution in [-0.2, 0) is 79.2 Å². The Morgan fingerprint density at radius 1 is 0.596 bits per heavy atom. The molecular formula is C57H72N8O22S2. The van der Waals surface area contributed by atoms with Crippen molar-refractivity contribution in [3.05, 3.63) is 99.6 Å². The van der Waals surface area contributed by atoms with Gasteiger partial charge in [-0.05, 0) is 66.5 Å². The van der Waals surface area contributed by atoms with E-state index in [4.69, 9.17) is 47.4 Å². The minimum atomic E-state index is -4.36. The number of benzene rings is 3. The number of para-hydroxylation sites is 1. The highest BCUT2D eigenvalue weighted by Crippen LogP contribution is 2.52. The molecule has 0 saturated heterocycles. The molecule has 484 valence electrons. The fourth-order valence-corrected chi connectivity index (χ4v) is 10.3. The summed E-state index contributed by atoms with van der Waals surface area (Å²) in [5, 5.41) is 13.4. The van der Waals surface area contributed by atoms with Crippen molar-refractivity contribution in [3.63, 3.8) is 0 Å². The standard InChI is InChI=1S/C57H72N8O22S2/c66-52(21-22-53(67)64-41-45-11-6-5-9-43(45)15-16-44-10-7-8-14-51(44)64)58-23-30-83-54(68)61-88(74,75)59-24-28-78-33-35-80-31-26-63(56(70)84-39-37-82-38-40-85-57(71)87-47-19-17-46(18-20-47)65(72)73)27-32-81-36-34-79-29-25-60-89(76,77)62-55(69)86-42-50-48-12-3-1-2-4-13-49(48)50/h5-11,14,17-20,48-50,59-60H,3-4,12-13,21-42H2,(H,58,66)(H,61,68)(H,62,69)/t48-,49+,50-. The minimum Gasteiger partial charge on any atom is -0.449 e. The average molecular weight is 1290 g/mol. The van der Waals surface area contributed by atoms with Crippen LogP contribution in [0.1, 0.15) is 55.2 Å². The van der Waals surface area contributed by atoms with Crippen molar-refractivity contribution < 1.29 is 97.9 Å². The van der Waals surface area contributed by atoms with Gasteiger partial charge in [0.25, 0.3) is 5.69 Å². The number of amides is 5. The number of hydrogen-bond acceptors (Lipinski definition) is 22. The molecule has 5 N–H and O–H groups in total. The Hall–Kier alpha value is -8.18. The zero-order valence-electron chi connectivity index (χ0n) is 48.7. The van der Waals surface area contributed by atoms with Gasteiger partial charge in [-0.1, -0.05) is 42.2 Å². The van der Waals surface area contributed by atoms with Crippen molar-refractivity contribution in [1.29, 1.82) is 0 Å². The van der Waals surface area contributed by atoms with E-state index in [0.717, 1.165) is 48.9 Å². The van der Waals surface area contributed by atoms with Crippen LogP contribution in [0.4, 0.5) is 30.6 Å². The van der Waals surface area contributed by atoms with E-state index in [1.807, 2.05) is 41.1 Å². The highest BCUT2D eigenvalue weighted by atomic mass is 32.2. The summed E-state index contributed by atoms with van der Waals surface area (Å²) < 4.78 is 110. The van der Waals surface area contributed by atoms with Gasteiger partial charge in [0.2, 0.25) is 11.8 Å². The first-order valence-electron chi connectivity index (χ1n) is 28.5. The lowest BCUT2D eigenvalue weighted by Crippen LogP contribution is -2.42. The van der Waals surface area contributed by atoms with Gasteiger partial charge in [-0.3, -0.25) is 19.7 Å². The number of non-ortho nitro benzene ring substituents is 1. The summed E-state index contributed by atoms with van der Waals surface area (Å²) in [4.78, 5) is 88.5. The Bertz CT molecular complexity index is 3190. The molecule has 30 nitrogen and oxygen atoms in total. The van der Waals surface area contributed by atoms with E-state index in [-0.39, 0.29) is 168 Å². The van der Waals surface area contributed by atoms with Gasteiger partial charge in [-0.2, -0.15) is 26.3 Å². The number of carbonyl (C=O) groups is 6. The van der Waals surface area contributed by atoms with Crippen molar-refractivity contribution in [2.45, 2.75) is 45.1 Å². The molecule has 0 radical (unpaired) electrons. The number of rotatable bonds is 38. The molecule has 0 unspecified atom stereocenters. The molecule has 1 fully saturated rings. The van der Waals surface area contributed by atoms with Crippen molar-refractivity contribution in [2.24, 2.45) is 17.8 Å². The topological polar surface area (TPSA) is 373 Å². The maximum Gasteiger partial charge on any atom is 0.513 e. The van der Waals surface area contributed by atoms with Crippen LogP contribution < -0.4 is 33.8 Å². The first-order chi connectivity index (χ1) is 43.0. The van der Waals surface area contributed by atoms with Gasteiger partial charge in [-0.15, -0.1) is 11.8 Å². The van der Waals surface area contributed by atoms with Gasteiger partial charge in [0.05, 0.1) is 96.4 Å². The second-order valence-electron chi connectivity index (χ2n) is 19.5. The van der Waals surface area contributed by atoms with E-state index in [1.165, 1.54) is 17.0 Å². The van der Waals surface area contributed by atoms with E-state index >= 15 is 0 Å². The average Bonchev–Trinajstić information content (AvgIpc) is 1.75. The predicted molar refractivity (Wildman–Crippen MR) is 314 cm³/mol. The molecule has 89 heavy (non-hydrogen) atoms. The van der Waals surface area contributed by atoms with Gasteiger partial charge in [0.1, 0.15) is 25.6 Å². The highest BCUT2D eigenvalue weighted by Gasteiger charge is 2.49. The number of nitrogens with zero attached hydrogens (tertiary/aromatic N) is 3. The van der Waals surface area contributed by atoms with Gasteiger partial charge >= 0.3 is 44.9 Å². The zero-order valence-corrected chi connectivity index (χ0v) is 50.3. The summed E-state index contributed by atoms with van der Waals surface area (Å²) in [6.07, 6.45) is -1.00. The Labute approximate surface area is 515 Å². The summed E-state index contributed by atoms with van der Waals surface area (Å²) in [5.74, 6) is 12.8. The third-order valence-corrected chi connectivity index (χ3v) is 15.4. The van der Waals surface area contributed by atoms with Crippen LogP contribution in [0.3, 0.4) is 0 Å².